The molecule has 2 amide bonds. The number of anilines is 1. The van der Waals surface area contributed by atoms with E-state index in [1.807, 2.05) is 0 Å². The summed E-state index contributed by atoms with van der Waals surface area (Å²) in [6.07, 6.45) is -0.212. The maximum absolute atomic E-state index is 11.3. The van der Waals surface area contributed by atoms with Crippen LogP contribution in [-0.2, 0) is 16.5 Å². The number of benzene rings is 1. The number of hydrogen-bond donors (Lipinski definition) is 4. The summed E-state index contributed by atoms with van der Waals surface area (Å²) in [5.74, 6) is -1.05. The van der Waals surface area contributed by atoms with Crippen molar-refractivity contribution >= 4 is 27.5 Å². The number of nitrogens with zero attached hydrogens (tertiary/aromatic N) is 3. The molecule has 0 radical (unpaired) electrons. The molecule has 1 aliphatic rings. The van der Waals surface area contributed by atoms with Crippen molar-refractivity contribution in [2.75, 3.05) is 11.9 Å². The Hall–Kier alpha value is -2.40. The summed E-state index contributed by atoms with van der Waals surface area (Å²) >= 11 is 0. The Kier molecular flexibility index (Phi) is 3.47. The van der Waals surface area contributed by atoms with Crippen LogP contribution in [0.5, 0.6) is 11.5 Å². The van der Waals surface area contributed by atoms with Crippen LogP contribution in [0.25, 0.3) is 0 Å². The Morgan fingerprint density at radius 3 is 2.62 bits per heavy atom. The largest absolute Gasteiger partial charge is 0.505 e. The lowest BCUT2D eigenvalue weighted by atomic mass is 10.1. The van der Waals surface area contributed by atoms with Crippen molar-refractivity contribution in [1.29, 1.82) is 0 Å². The van der Waals surface area contributed by atoms with Gasteiger partial charge in [0.1, 0.15) is 5.75 Å². The fourth-order valence-electron chi connectivity index (χ4n) is 2.16. The Morgan fingerprint density at radius 2 is 2.10 bits per heavy atom. The van der Waals surface area contributed by atoms with Gasteiger partial charge in [-0.05, 0) is 0 Å². The Bertz CT molecular complexity index is 744. The van der Waals surface area contributed by atoms with E-state index in [1.54, 1.807) is 0 Å². The predicted molar refractivity (Wildman–Crippen MR) is 71.3 cm³/mol. The Labute approximate surface area is 119 Å². The molecule has 0 aliphatic carbocycles. The Balaban J connectivity index is 2.56. The van der Waals surface area contributed by atoms with Crippen molar-refractivity contribution in [3.8, 4) is 11.5 Å². The summed E-state index contributed by atoms with van der Waals surface area (Å²) in [5, 5.41) is 24.8. The highest BCUT2D eigenvalue weighted by atomic mass is 32.2. The van der Waals surface area contributed by atoms with Gasteiger partial charge in [0.15, 0.2) is 16.8 Å². The van der Waals surface area contributed by atoms with Crippen LogP contribution >= 0.6 is 0 Å². The van der Waals surface area contributed by atoms with Crippen LogP contribution in [0.15, 0.2) is 16.3 Å². The smallest absolute Gasteiger partial charge is 0.356 e. The van der Waals surface area contributed by atoms with E-state index in [1.165, 1.54) is 11.9 Å². The van der Waals surface area contributed by atoms with Crippen LogP contribution in [0.4, 0.5) is 16.2 Å². The molecule has 114 valence electrons. The van der Waals surface area contributed by atoms with Crippen LogP contribution in [0.2, 0.25) is 0 Å². The first kappa shape index (κ1) is 15.0. The normalized spacial score (nSPS) is 18.2. The zero-order valence-corrected chi connectivity index (χ0v) is 11.6. The molecule has 0 aromatic heterocycles. The van der Waals surface area contributed by atoms with Crippen LogP contribution < -0.4 is 10.6 Å². The van der Waals surface area contributed by atoms with Gasteiger partial charge in [0.25, 0.3) is 10.1 Å². The number of amides is 2. The molecule has 5 N–H and O–H groups in total. The average molecular weight is 316 g/mol. The molecule has 0 fully saturated rings. The van der Waals surface area contributed by atoms with Crippen molar-refractivity contribution in [1.82, 2.24) is 0 Å². The molecule has 0 bridgehead atoms. The quantitative estimate of drug-likeness (QED) is 0.454. The van der Waals surface area contributed by atoms with Gasteiger partial charge in [-0.15, -0.1) is 5.11 Å². The third-order valence-electron chi connectivity index (χ3n) is 3.12. The predicted octanol–water partition coefficient (Wildman–Crippen LogP) is 0.466. The number of phenols is 2. The molecule has 0 spiro atoms. The van der Waals surface area contributed by atoms with Crippen molar-refractivity contribution in [2.45, 2.75) is 11.8 Å². The number of phenolic OH excluding ortho intramolecular Hbond substituents is 2. The van der Waals surface area contributed by atoms with Crippen LogP contribution in [0, 0.1) is 0 Å². The summed E-state index contributed by atoms with van der Waals surface area (Å²) < 4.78 is 31.7. The van der Waals surface area contributed by atoms with E-state index in [0.29, 0.717) is 0 Å². The van der Waals surface area contributed by atoms with E-state index in [4.69, 9.17) is 10.3 Å². The molecular weight excluding hydrogens is 304 g/mol. The molecule has 1 aromatic carbocycles. The highest BCUT2D eigenvalue weighted by Gasteiger charge is 2.38. The fraction of sp³-hybridized carbons (Fsp3) is 0.300. The van der Waals surface area contributed by atoms with E-state index in [-0.39, 0.29) is 17.7 Å². The lowest BCUT2D eigenvalue weighted by Gasteiger charge is -2.19. The van der Waals surface area contributed by atoms with E-state index in [0.717, 1.165) is 6.07 Å². The number of likely N-dealkylation sites (N-methyl/N-ethyl adjacent to an activating group) is 1. The molecule has 11 heteroatoms. The van der Waals surface area contributed by atoms with Crippen molar-refractivity contribution in [3.05, 3.63) is 11.6 Å². The lowest BCUT2D eigenvalue weighted by Crippen LogP contribution is -2.35. The topological polar surface area (TPSA) is 166 Å². The van der Waals surface area contributed by atoms with Crippen LogP contribution in [0.3, 0.4) is 0 Å². The minimum atomic E-state index is -4.38. The SMILES string of the molecule is CN1c2cc(O)c(N=NC(N)=O)c(O)c2CC1S(=O)(=O)O. The zero-order valence-electron chi connectivity index (χ0n) is 10.8. The average Bonchev–Trinajstić information content (AvgIpc) is 2.66. The second-order valence-corrected chi connectivity index (χ2v) is 5.99. The third-order valence-corrected chi connectivity index (χ3v) is 4.29. The maximum atomic E-state index is 11.3. The third kappa shape index (κ3) is 2.60. The maximum Gasteiger partial charge on any atom is 0.356 e. The molecule has 2 rings (SSSR count). The van der Waals surface area contributed by atoms with Gasteiger partial charge in [-0.3, -0.25) is 4.55 Å². The number of fused-ring (bicyclic) bond motifs is 1. The van der Waals surface area contributed by atoms with Crippen molar-refractivity contribution in [3.63, 3.8) is 0 Å². The van der Waals surface area contributed by atoms with Crippen molar-refractivity contribution < 1.29 is 28.0 Å². The molecular formula is C10H12N4O6S. The molecule has 21 heavy (non-hydrogen) atoms. The number of aromatic hydroxyl groups is 2. The summed E-state index contributed by atoms with van der Waals surface area (Å²) in [5.41, 5.74) is 4.73. The minimum absolute atomic E-state index is 0.149. The highest BCUT2D eigenvalue weighted by molar-refractivity contribution is 7.86. The second-order valence-electron chi connectivity index (χ2n) is 4.41. The number of urea groups is 1. The minimum Gasteiger partial charge on any atom is -0.505 e. The van der Waals surface area contributed by atoms with Gasteiger partial charge in [-0.25, -0.2) is 4.79 Å². The van der Waals surface area contributed by atoms with E-state index < -0.39 is 38.7 Å². The standard InChI is InChI=1S/C10H12N4O6S/c1-14-5-3-6(15)8(12-13-10(11)17)9(16)4(5)2-7(14)21(18,19)20/h3,7,15-16H,2H2,1H3,(H2,11,17)(H,18,19,20). The number of carbonyl (C=O) groups is 1. The molecule has 1 unspecified atom stereocenters. The lowest BCUT2D eigenvalue weighted by molar-refractivity contribution is 0.255. The number of carbonyl (C=O) groups excluding carboxylic acids is 1. The molecule has 1 heterocycles. The molecule has 0 saturated carbocycles. The van der Waals surface area contributed by atoms with Gasteiger partial charge in [-0.1, -0.05) is 5.11 Å². The van der Waals surface area contributed by atoms with E-state index >= 15 is 0 Å². The van der Waals surface area contributed by atoms with Gasteiger partial charge >= 0.3 is 6.03 Å². The van der Waals surface area contributed by atoms with Gasteiger partial charge in [0, 0.05) is 30.8 Å². The molecule has 1 aliphatic heterocycles. The number of hydrogen-bond acceptors (Lipinski definition) is 7. The monoisotopic (exact) mass is 316 g/mol. The first-order valence-electron chi connectivity index (χ1n) is 5.61. The summed E-state index contributed by atoms with van der Waals surface area (Å²) in [6, 6.07) is 0.0255. The number of azo groups is 1. The van der Waals surface area contributed by atoms with Gasteiger partial charge in [0.05, 0.1) is 0 Å². The molecule has 10 nitrogen and oxygen atoms in total. The summed E-state index contributed by atoms with van der Waals surface area (Å²) in [7, 11) is -3.00. The first-order chi connectivity index (χ1) is 9.62. The fourth-order valence-corrected chi connectivity index (χ4v) is 3.05. The zero-order chi connectivity index (χ0) is 15.9. The highest BCUT2D eigenvalue weighted by Crippen LogP contribution is 2.48. The Morgan fingerprint density at radius 1 is 1.48 bits per heavy atom. The molecule has 0 saturated heterocycles. The number of primary amides is 1. The second kappa shape index (κ2) is 4.86. The van der Waals surface area contributed by atoms with Crippen LogP contribution in [-0.4, -0.2) is 41.6 Å². The van der Waals surface area contributed by atoms with Gasteiger partial charge in [0.2, 0.25) is 0 Å². The summed E-state index contributed by atoms with van der Waals surface area (Å²) in [6.45, 7) is 0. The van der Waals surface area contributed by atoms with Gasteiger partial charge < -0.3 is 20.8 Å². The van der Waals surface area contributed by atoms with Crippen molar-refractivity contribution in [2.24, 2.45) is 16.0 Å². The van der Waals surface area contributed by atoms with E-state index in [9.17, 15) is 23.4 Å². The summed E-state index contributed by atoms with van der Waals surface area (Å²) in [4.78, 5) is 11.7. The van der Waals surface area contributed by atoms with E-state index in [2.05, 4.69) is 10.2 Å². The first-order valence-corrected chi connectivity index (χ1v) is 7.11. The number of rotatable bonds is 2. The van der Waals surface area contributed by atoms with Gasteiger partial charge in [-0.2, -0.15) is 8.42 Å². The number of nitrogens with two attached hydrogens (primary N) is 1. The molecule has 1 atom stereocenters. The molecule has 1 aromatic rings. The van der Waals surface area contributed by atoms with Crippen LogP contribution in [0.1, 0.15) is 5.56 Å².